The van der Waals surface area contributed by atoms with E-state index in [0.717, 1.165) is 25.9 Å². The Morgan fingerprint density at radius 1 is 1.19 bits per heavy atom. The van der Waals surface area contributed by atoms with Crippen molar-refractivity contribution in [3.8, 4) is 0 Å². The molecule has 1 saturated heterocycles. The van der Waals surface area contributed by atoms with Gasteiger partial charge in [0.05, 0.1) is 12.8 Å². The van der Waals surface area contributed by atoms with Crippen LogP contribution in [0.15, 0.2) is 0 Å². The smallest absolute Gasteiger partial charge is 0.360 e. The Hall–Kier alpha value is -1.92. The Labute approximate surface area is 124 Å². The fraction of sp³-hybridized carbons (Fsp3) is 0.714. The molecular weight excluding hydrogens is 272 g/mol. The van der Waals surface area contributed by atoms with Crippen LogP contribution in [0.3, 0.4) is 0 Å². The standard InChI is InChI=1S/C14H22N4O3/c1-9(2)12-11(14(20)21-4)15-16-18(12)10(3)13(19)17-7-5-6-8-17/h9-10H,5-8H2,1-4H3. The van der Waals surface area contributed by atoms with Crippen LogP contribution in [-0.2, 0) is 9.53 Å². The molecule has 1 aliphatic rings. The molecule has 0 radical (unpaired) electrons. The molecule has 0 bridgehead atoms. The topological polar surface area (TPSA) is 77.3 Å². The van der Waals surface area contributed by atoms with Gasteiger partial charge in [0.1, 0.15) is 6.04 Å². The Balaban J connectivity index is 2.32. The Bertz CT molecular complexity index is 532. The first kappa shape index (κ1) is 15.5. The summed E-state index contributed by atoms with van der Waals surface area (Å²) < 4.78 is 6.28. The highest BCUT2D eigenvalue weighted by Gasteiger charge is 2.30. The molecular formula is C14H22N4O3. The van der Waals surface area contributed by atoms with Gasteiger partial charge in [-0.05, 0) is 25.7 Å². The lowest BCUT2D eigenvalue weighted by molar-refractivity contribution is -0.133. The van der Waals surface area contributed by atoms with E-state index in [1.807, 2.05) is 18.7 Å². The maximum Gasteiger partial charge on any atom is 0.360 e. The molecule has 1 aromatic rings. The summed E-state index contributed by atoms with van der Waals surface area (Å²) in [6.45, 7) is 7.25. The van der Waals surface area contributed by atoms with Crippen molar-refractivity contribution in [3.05, 3.63) is 11.4 Å². The van der Waals surface area contributed by atoms with Gasteiger partial charge in [-0.3, -0.25) is 4.79 Å². The van der Waals surface area contributed by atoms with E-state index in [1.165, 1.54) is 7.11 Å². The van der Waals surface area contributed by atoms with E-state index >= 15 is 0 Å². The average Bonchev–Trinajstić information content (AvgIpc) is 3.13. The molecule has 2 rings (SSSR count). The zero-order valence-corrected chi connectivity index (χ0v) is 13.0. The van der Waals surface area contributed by atoms with Crippen LogP contribution in [0.2, 0.25) is 0 Å². The number of hydrogen-bond acceptors (Lipinski definition) is 5. The van der Waals surface area contributed by atoms with Gasteiger partial charge >= 0.3 is 5.97 Å². The highest BCUT2D eigenvalue weighted by Crippen LogP contribution is 2.23. The molecule has 21 heavy (non-hydrogen) atoms. The number of carbonyl (C=O) groups excluding carboxylic acids is 2. The van der Waals surface area contributed by atoms with Gasteiger partial charge in [-0.25, -0.2) is 9.48 Å². The summed E-state index contributed by atoms with van der Waals surface area (Å²) in [6, 6.07) is -0.466. The van der Waals surface area contributed by atoms with Gasteiger partial charge in [0.15, 0.2) is 5.69 Å². The molecule has 0 aliphatic carbocycles. The van der Waals surface area contributed by atoms with E-state index in [-0.39, 0.29) is 17.5 Å². The van der Waals surface area contributed by atoms with E-state index in [4.69, 9.17) is 4.74 Å². The van der Waals surface area contributed by atoms with E-state index in [1.54, 1.807) is 11.6 Å². The molecule has 1 fully saturated rings. The third-order valence-corrected chi connectivity index (χ3v) is 3.80. The first-order chi connectivity index (χ1) is 9.97. The summed E-state index contributed by atoms with van der Waals surface area (Å²) in [5, 5.41) is 7.92. The number of hydrogen-bond donors (Lipinski definition) is 0. The highest BCUT2D eigenvalue weighted by molar-refractivity contribution is 5.88. The number of ether oxygens (including phenoxy) is 1. The van der Waals surface area contributed by atoms with E-state index in [9.17, 15) is 9.59 Å². The monoisotopic (exact) mass is 294 g/mol. The molecule has 1 unspecified atom stereocenters. The fourth-order valence-corrected chi connectivity index (χ4v) is 2.67. The predicted octanol–water partition coefficient (Wildman–Crippen LogP) is 1.37. The summed E-state index contributed by atoms with van der Waals surface area (Å²) in [5.74, 6) is -0.482. The average molecular weight is 294 g/mol. The van der Waals surface area contributed by atoms with Gasteiger partial charge in [0.25, 0.3) is 0 Å². The minimum atomic E-state index is -0.522. The first-order valence-corrected chi connectivity index (χ1v) is 7.29. The van der Waals surface area contributed by atoms with E-state index < -0.39 is 12.0 Å². The Morgan fingerprint density at radius 2 is 1.81 bits per heavy atom. The largest absolute Gasteiger partial charge is 0.464 e. The minimum absolute atomic E-state index is 0.0166. The van der Waals surface area contributed by atoms with Gasteiger partial charge < -0.3 is 9.64 Å². The van der Waals surface area contributed by atoms with Gasteiger partial charge in [-0.15, -0.1) is 5.10 Å². The van der Waals surface area contributed by atoms with Crippen LogP contribution in [0.4, 0.5) is 0 Å². The van der Waals surface area contributed by atoms with Crippen LogP contribution in [0.1, 0.15) is 61.8 Å². The molecule has 2 heterocycles. The molecule has 0 spiro atoms. The zero-order valence-electron chi connectivity index (χ0n) is 13.0. The van der Waals surface area contributed by atoms with Crippen molar-refractivity contribution >= 4 is 11.9 Å². The first-order valence-electron chi connectivity index (χ1n) is 7.29. The molecule has 0 N–H and O–H groups in total. The minimum Gasteiger partial charge on any atom is -0.464 e. The maximum atomic E-state index is 12.5. The number of carbonyl (C=O) groups is 2. The molecule has 1 aromatic heterocycles. The van der Waals surface area contributed by atoms with Gasteiger partial charge in [0, 0.05) is 13.1 Å². The summed E-state index contributed by atoms with van der Waals surface area (Å²) >= 11 is 0. The van der Waals surface area contributed by atoms with Crippen molar-refractivity contribution in [2.75, 3.05) is 20.2 Å². The van der Waals surface area contributed by atoms with Gasteiger partial charge in [0.2, 0.25) is 5.91 Å². The molecule has 116 valence electrons. The summed E-state index contributed by atoms with van der Waals surface area (Å²) in [4.78, 5) is 26.1. The lowest BCUT2D eigenvalue weighted by Crippen LogP contribution is -2.35. The molecule has 7 nitrogen and oxygen atoms in total. The third-order valence-electron chi connectivity index (χ3n) is 3.80. The molecule has 1 aliphatic heterocycles. The number of methoxy groups -OCH3 is 1. The van der Waals surface area contributed by atoms with Crippen molar-refractivity contribution in [2.24, 2.45) is 0 Å². The van der Waals surface area contributed by atoms with Crippen LogP contribution in [-0.4, -0.2) is 52.0 Å². The molecule has 7 heteroatoms. The van der Waals surface area contributed by atoms with Crippen molar-refractivity contribution in [3.63, 3.8) is 0 Å². The van der Waals surface area contributed by atoms with Gasteiger partial charge in [-0.1, -0.05) is 19.1 Å². The van der Waals surface area contributed by atoms with Crippen molar-refractivity contribution < 1.29 is 14.3 Å². The fourth-order valence-electron chi connectivity index (χ4n) is 2.67. The summed E-state index contributed by atoms with van der Waals surface area (Å²) in [6.07, 6.45) is 2.08. The van der Waals surface area contributed by atoms with Crippen LogP contribution < -0.4 is 0 Å². The normalized spacial score (nSPS) is 16.3. The number of amides is 1. The van der Waals surface area contributed by atoms with E-state index in [2.05, 4.69) is 10.3 Å². The summed E-state index contributed by atoms with van der Waals surface area (Å²) in [7, 11) is 1.31. The number of esters is 1. The number of aromatic nitrogens is 3. The quantitative estimate of drug-likeness (QED) is 0.784. The zero-order chi connectivity index (χ0) is 15.6. The summed E-state index contributed by atoms with van der Waals surface area (Å²) in [5.41, 5.74) is 0.829. The van der Waals surface area contributed by atoms with Crippen molar-refractivity contribution in [1.29, 1.82) is 0 Å². The van der Waals surface area contributed by atoms with Crippen LogP contribution in [0.25, 0.3) is 0 Å². The third kappa shape index (κ3) is 2.91. The second-order valence-electron chi connectivity index (χ2n) is 5.62. The number of rotatable bonds is 4. The predicted molar refractivity (Wildman–Crippen MR) is 76.0 cm³/mol. The lowest BCUT2D eigenvalue weighted by atomic mass is 10.1. The Morgan fingerprint density at radius 3 is 2.33 bits per heavy atom. The molecule has 1 atom stereocenters. The molecule has 1 amide bonds. The second-order valence-corrected chi connectivity index (χ2v) is 5.62. The van der Waals surface area contributed by atoms with Crippen molar-refractivity contribution in [2.45, 2.75) is 45.6 Å². The maximum absolute atomic E-state index is 12.5. The van der Waals surface area contributed by atoms with Crippen LogP contribution in [0, 0.1) is 0 Å². The van der Waals surface area contributed by atoms with Gasteiger partial charge in [-0.2, -0.15) is 0 Å². The highest BCUT2D eigenvalue weighted by atomic mass is 16.5. The molecule has 0 saturated carbocycles. The lowest BCUT2D eigenvalue weighted by Gasteiger charge is -2.22. The number of likely N-dealkylation sites (tertiary alicyclic amines) is 1. The Kier molecular flexibility index (Phi) is 4.59. The number of nitrogens with zero attached hydrogens (tertiary/aromatic N) is 4. The SMILES string of the molecule is COC(=O)c1nnn(C(C)C(=O)N2CCCC2)c1C(C)C. The molecule has 0 aromatic carbocycles. The second kappa shape index (κ2) is 6.24. The van der Waals surface area contributed by atoms with E-state index in [0.29, 0.717) is 5.69 Å². The van der Waals surface area contributed by atoms with Crippen molar-refractivity contribution in [1.82, 2.24) is 19.9 Å². The van der Waals surface area contributed by atoms with Crippen LogP contribution >= 0.6 is 0 Å². The van der Waals surface area contributed by atoms with Crippen LogP contribution in [0.5, 0.6) is 0 Å².